The molecular weight excluding hydrogens is 265 g/mol. The molecule has 0 unspecified atom stereocenters. The van der Waals surface area contributed by atoms with Crippen LogP contribution in [0.3, 0.4) is 0 Å². The summed E-state index contributed by atoms with van der Waals surface area (Å²) in [4.78, 5) is 2.48. The number of alkyl halides is 3. The monoisotopic (exact) mass is 272 g/mol. The molecule has 0 aliphatic rings. The number of rotatable bonds is 4. The lowest BCUT2D eigenvalue weighted by molar-refractivity contribution is -0.153. The zero-order valence-electron chi connectivity index (χ0n) is 9.60. The Morgan fingerprint density at radius 1 is 1.47 bits per heavy atom. The second kappa shape index (κ2) is 5.84. The maximum Gasteiger partial charge on any atom is 0.422 e. The molecule has 1 aromatic rings. The van der Waals surface area contributed by atoms with E-state index in [4.69, 9.17) is 15.5 Å². The number of nitrogens with zero attached hydrogens (tertiary/aromatic N) is 4. The van der Waals surface area contributed by atoms with E-state index in [-0.39, 0.29) is 22.7 Å². The van der Waals surface area contributed by atoms with Crippen LogP contribution < -0.4 is 9.47 Å². The fourth-order valence-electron chi connectivity index (χ4n) is 1.21. The molecule has 9 heteroatoms. The Morgan fingerprint density at radius 3 is 2.63 bits per heavy atom. The molecule has 0 saturated carbocycles. The Bertz CT molecular complexity index is 559. The van der Waals surface area contributed by atoms with Gasteiger partial charge in [-0.2, -0.15) is 18.4 Å². The van der Waals surface area contributed by atoms with Crippen LogP contribution in [0.1, 0.15) is 5.56 Å². The summed E-state index contributed by atoms with van der Waals surface area (Å²) in [5.41, 5.74) is 7.89. The fraction of sp³-hybridized carbons (Fsp3) is 0.300. The first-order valence-electron chi connectivity index (χ1n) is 4.78. The Labute approximate surface area is 105 Å². The van der Waals surface area contributed by atoms with E-state index in [1.54, 1.807) is 6.07 Å². The van der Waals surface area contributed by atoms with Crippen LogP contribution in [0.25, 0.3) is 10.4 Å². The van der Waals surface area contributed by atoms with Crippen LogP contribution in [0.15, 0.2) is 17.2 Å². The molecule has 0 spiro atoms. The third kappa shape index (κ3) is 3.97. The quantitative estimate of drug-likeness (QED) is 0.477. The molecule has 1 rings (SSSR count). The van der Waals surface area contributed by atoms with Gasteiger partial charge in [0.15, 0.2) is 6.61 Å². The summed E-state index contributed by atoms with van der Waals surface area (Å²) >= 11 is 0. The highest BCUT2D eigenvalue weighted by Gasteiger charge is 2.29. The molecule has 0 fully saturated rings. The van der Waals surface area contributed by atoms with E-state index in [0.29, 0.717) is 0 Å². The van der Waals surface area contributed by atoms with Crippen molar-refractivity contribution in [2.75, 3.05) is 13.7 Å². The van der Waals surface area contributed by atoms with Gasteiger partial charge >= 0.3 is 6.18 Å². The molecule has 0 amide bonds. The molecule has 0 aromatic heterocycles. The van der Waals surface area contributed by atoms with Gasteiger partial charge in [0.05, 0.1) is 12.8 Å². The Morgan fingerprint density at radius 2 is 2.16 bits per heavy atom. The molecule has 100 valence electrons. The summed E-state index contributed by atoms with van der Waals surface area (Å²) in [7, 11) is 1.27. The van der Waals surface area contributed by atoms with E-state index in [2.05, 4.69) is 14.8 Å². The lowest BCUT2D eigenvalue weighted by Gasteiger charge is -2.12. The third-order valence-electron chi connectivity index (χ3n) is 1.95. The molecule has 0 aliphatic carbocycles. The van der Waals surface area contributed by atoms with Crippen molar-refractivity contribution in [3.63, 3.8) is 0 Å². The Kier molecular flexibility index (Phi) is 4.45. The first kappa shape index (κ1) is 14.5. The van der Waals surface area contributed by atoms with Gasteiger partial charge in [0.25, 0.3) is 0 Å². The van der Waals surface area contributed by atoms with Crippen molar-refractivity contribution < 1.29 is 22.6 Å². The molecule has 0 heterocycles. The molecular formula is C10H7F3N4O2. The smallest absolute Gasteiger partial charge is 0.422 e. The molecule has 0 saturated heterocycles. The SMILES string of the molecule is COc1cc(N=[N+]=[N-])c(C#N)c(OCC(F)(F)F)c1. The van der Waals surface area contributed by atoms with Crippen molar-refractivity contribution in [1.82, 2.24) is 0 Å². The molecule has 0 bridgehead atoms. The van der Waals surface area contributed by atoms with Gasteiger partial charge in [0, 0.05) is 11.0 Å². The third-order valence-corrected chi connectivity index (χ3v) is 1.95. The van der Waals surface area contributed by atoms with Crippen molar-refractivity contribution in [2.45, 2.75) is 6.18 Å². The normalized spacial score (nSPS) is 10.3. The number of azide groups is 1. The Hall–Kier alpha value is -2.59. The van der Waals surface area contributed by atoms with E-state index in [0.717, 1.165) is 6.07 Å². The van der Waals surface area contributed by atoms with Crippen LogP contribution in [0, 0.1) is 11.3 Å². The summed E-state index contributed by atoms with van der Waals surface area (Å²) in [5, 5.41) is 12.1. The summed E-state index contributed by atoms with van der Waals surface area (Å²) in [6.45, 7) is -1.56. The van der Waals surface area contributed by atoms with Crippen molar-refractivity contribution >= 4 is 5.69 Å². The van der Waals surface area contributed by atoms with Crippen LogP contribution >= 0.6 is 0 Å². The van der Waals surface area contributed by atoms with Crippen LogP contribution in [-0.4, -0.2) is 19.9 Å². The van der Waals surface area contributed by atoms with Crippen LogP contribution in [0.2, 0.25) is 0 Å². The minimum Gasteiger partial charge on any atom is -0.497 e. The molecule has 0 aliphatic heterocycles. The maximum absolute atomic E-state index is 12.1. The molecule has 6 nitrogen and oxygen atoms in total. The molecule has 1 aromatic carbocycles. The van der Waals surface area contributed by atoms with Gasteiger partial charge in [-0.05, 0) is 11.6 Å². The maximum atomic E-state index is 12.1. The van der Waals surface area contributed by atoms with Crippen molar-refractivity contribution in [1.29, 1.82) is 5.26 Å². The van der Waals surface area contributed by atoms with Gasteiger partial charge in [-0.1, -0.05) is 5.11 Å². The second-order valence-corrected chi connectivity index (χ2v) is 3.22. The minimum atomic E-state index is -4.55. The van der Waals surface area contributed by atoms with Crippen molar-refractivity contribution in [3.05, 3.63) is 28.1 Å². The zero-order chi connectivity index (χ0) is 14.5. The lowest BCUT2D eigenvalue weighted by atomic mass is 10.1. The number of nitriles is 1. The predicted molar refractivity (Wildman–Crippen MR) is 58.1 cm³/mol. The highest BCUT2D eigenvalue weighted by molar-refractivity contribution is 5.63. The van der Waals surface area contributed by atoms with Gasteiger partial charge in [-0.15, -0.1) is 0 Å². The fourth-order valence-corrected chi connectivity index (χ4v) is 1.21. The van der Waals surface area contributed by atoms with Crippen molar-refractivity contribution in [3.8, 4) is 17.6 Å². The van der Waals surface area contributed by atoms with Crippen LogP contribution in [0.4, 0.5) is 18.9 Å². The van der Waals surface area contributed by atoms with Crippen LogP contribution in [0.5, 0.6) is 11.5 Å². The molecule has 0 N–H and O–H groups in total. The van der Waals surface area contributed by atoms with E-state index >= 15 is 0 Å². The van der Waals surface area contributed by atoms with Crippen LogP contribution in [-0.2, 0) is 0 Å². The number of benzene rings is 1. The number of ether oxygens (including phenoxy) is 2. The number of hydrogen-bond donors (Lipinski definition) is 0. The standard InChI is InChI=1S/C10H7F3N4O2/c1-18-6-2-8(16-17-15)7(4-14)9(3-6)19-5-10(11,12)13/h2-3H,5H2,1H3. The molecule has 0 radical (unpaired) electrons. The number of methoxy groups -OCH3 is 1. The van der Waals surface area contributed by atoms with Gasteiger partial charge in [-0.3, -0.25) is 0 Å². The number of halogens is 3. The first-order chi connectivity index (χ1) is 8.91. The van der Waals surface area contributed by atoms with E-state index in [1.807, 2.05) is 0 Å². The minimum absolute atomic E-state index is 0.110. The summed E-state index contributed by atoms with van der Waals surface area (Å²) in [6, 6.07) is 3.96. The second-order valence-electron chi connectivity index (χ2n) is 3.22. The molecule has 19 heavy (non-hydrogen) atoms. The van der Waals surface area contributed by atoms with Gasteiger partial charge in [0.2, 0.25) is 0 Å². The predicted octanol–water partition coefficient (Wildman–Crippen LogP) is 3.45. The van der Waals surface area contributed by atoms with E-state index in [1.165, 1.54) is 13.2 Å². The zero-order valence-corrected chi connectivity index (χ0v) is 9.60. The lowest BCUT2D eigenvalue weighted by Crippen LogP contribution is -2.19. The first-order valence-corrected chi connectivity index (χ1v) is 4.78. The molecule has 0 atom stereocenters. The Balaban J connectivity index is 3.24. The van der Waals surface area contributed by atoms with Crippen molar-refractivity contribution in [2.24, 2.45) is 5.11 Å². The largest absolute Gasteiger partial charge is 0.497 e. The highest BCUT2D eigenvalue weighted by Crippen LogP contribution is 2.34. The summed E-state index contributed by atoms with van der Waals surface area (Å²) in [5.74, 6) is -0.250. The highest BCUT2D eigenvalue weighted by atomic mass is 19.4. The summed E-state index contributed by atoms with van der Waals surface area (Å²) < 4.78 is 45.6. The average molecular weight is 272 g/mol. The number of hydrogen-bond acceptors (Lipinski definition) is 4. The van der Waals surface area contributed by atoms with Gasteiger partial charge in [-0.25, -0.2) is 0 Å². The van der Waals surface area contributed by atoms with Gasteiger partial charge in [0.1, 0.15) is 23.1 Å². The van der Waals surface area contributed by atoms with E-state index < -0.39 is 12.8 Å². The van der Waals surface area contributed by atoms with Gasteiger partial charge < -0.3 is 9.47 Å². The summed E-state index contributed by atoms with van der Waals surface area (Å²) in [6.07, 6.45) is -4.55. The topological polar surface area (TPSA) is 91.0 Å². The van der Waals surface area contributed by atoms with E-state index in [9.17, 15) is 13.2 Å². The average Bonchev–Trinajstić information content (AvgIpc) is 2.35.